The van der Waals surface area contributed by atoms with Crippen LogP contribution in [0.15, 0.2) is 54.6 Å². The van der Waals surface area contributed by atoms with Gasteiger partial charge in [-0.1, -0.05) is 62.1 Å². The number of hydrogen-bond acceptors (Lipinski definition) is 2. The minimum Gasteiger partial charge on any atom is -0.345 e. The van der Waals surface area contributed by atoms with Crippen LogP contribution in [0.5, 0.6) is 0 Å². The summed E-state index contributed by atoms with van der Waals surface area (Å²) in [6.07, 6.45) is 0.252. The third-order valence-corrected chi connectivity index (χ3v) is 4.48. The van der Waals surface area contributed by atoms with E-state index >= 15 is 0 Å². The molecule has 0 aromatic heterocycles. The van der Waals surface area contributed by atoms with Crippen LogP contribution >= 0.6 is 0 Å². The molecular formula is C23H24N2O2. The van der Waals surface area contributed by atoms with Gasteiger partial charge in [0.1, 0.15) is 0 Å². The molecule has 1 unspecified atom stereocenters. The van der Waals surface area contributed by atoms with E-state index in [2.05, 4.69) is 31.0 Å². The van der Waals surface area contributed by atoms with E-state index in [1.165, 1.54) is 0 Å². The van der Waals surface area contributed by atoms with Crippen LogP contribution in [-0.2, 0) is 4.79 Å². The summed E-state index contributed by atoms with van der Waals surface area (Å²) in [5.41, 5.74) is 2.50. The van der Waals surface area contributed by atoms with Crippen molar-refractivity contribution in [1.82, 2.24) is 10.2 Å². The van der Waals surface area contributed by atoms with E-state index in [1.807, 2.05) is 48.5 Å². The first-order chi connectivity index (χ1) is 13.0. The number of hydrogen-bond donors (Lipinski definition) is 1. The molecule has 1 atom stereocenters. The lowest BCUT2D eigenvalue weighted by Crippen LogP contribution is -2.36. The highest BCUT2D eigenvalue weighted by Crippen LogP contribution is 2.28. The van der Waals surface area contributed by atoms with E-state index < -0.39 is 0 Å². The molecule has 0 bridgehead atoms. The van der Waals surface area contributed by atoms with Gasteiger partial charge in [-0.05, 0) is 29.7 Å². The van der Waals surface area contributed by atoms with Gasteiger partial charge in [0.25, 0.3) is 5.91 Å². The number of nitrogens with zero attached hydrogens (tertiary/aromatic N) is 1. The van der Waals surface area contributed by atoms with E-state index in [-0.39, 0.29) is 24.3 Å². The SMILES string of the molecule is CC(C)CN(CC#Cc1ccccc1)C(=O)CC1NC(=O)c2ccccc21. The molecular weight excluding hydrogens is 336 g/mol. The Bertz CT molecular complexity index is 878. The fraction of sp³-hybridized carbons (Fsp3) is 0.304. The maximum absolute atomic E-state index is 12.9. The van der Waals surface area contributed by atoms with Crippen molar-refractivity contribution in [2.24, 2.45) is 5.92 Å². The van der Waals surface area contributed by atoms with E-state index in [9.17, 15) is 9.59 Å². The molecule has 0 saturated carbocycles. The first kappa shape index (κ1) is 18.7. The van der Waals surface area contributed by atoms with Crippen LogP contribution in [0.2, 0.25) is 0 Å². The van der Waals surface area contributed by atoms with Gasteiger partial charge >= 0.3 is 0 Å². The number of carbonyl (C=O) groups is 2. The summed E-state index contributed by atoms with van der Waals surface area (Å²) in [5.74, 6) is 6.46. The second-order valence-corrected chi connectivity index (χ2v) is 7.15. The van der Waals surface area contributed by atoms with Crippen molar-refractivity contribution >= 4 is 11.8 Å². The van der Waals surface area contributed by atoms with Gasteiger partial charge in [-0.2, -0.15) is 0 Å². The number of fused-ring (bicyclic) bond motifs is 1. The molecule has 2 aromatic carbocycles. The quantitative estimate of drug-likeness (QED) is 0.831. The van der Waals surface area contributed by atoms with Crippen LogP contribution in [0.1, 0.15) is 47.8 Å². The summed E-state index contributed by atoms with van der Waals surface area (Å²) < 4.78 is 0. The molecule has 1 aliphatic heterocycles. The Balaban J connectivity index is 1.69. The minimum absolute atomic E-state index is 0.00747. The molecule has 1 heterocycles. The molecule has 27 heavy (non-hydrogen) atoms. The third-order valence-electron chi connectivity index (χ3n) is 4.48. The molecule has 0 fully saturated rings. The molecule has 4 heteroatoms. The largest absolute Gasteiger partial charge is 0.345 e. The fourth-order valence-corrected chi connectivity index (χ4v) is 3.24. The average Bonchev–Trinajstić information content (AvgIpc) is 2.97. The second kappa shape index (κ2) is 8.55. The molecule has 0 aliphatic carbocycles. The monoisotopic (exact) mass is 360 g/mol. The van der Waals surface area contributed by atoms with Crippen LogP contribution in [0.4, 0.5) is 0 Å². The van der Waals surface area contributed by atoms with Crippen molar-refractivity contribution in [3.05, 3.63) is 71.3 Å². The molecule has 4 nitrogen and oxygen atoms in total. The summed E-state index contributed by atoms with van der Waals surface area (Å²) in [4.78, 5) is 26.8. The Kier molecular flexibility index (Phi) is 5.93. The highest BCUT2D eigenvalue weighted by molar-refractivity contribution is 5.99. The van der Waals surface area contributed by atoms with Crippen molar-refractivity contribution in [3.63, 3.8) is 0 Å². The van der Waals surface area contributed by atoms with Crippen molar-refractivity contribution in [1.29, 1.82) is 0 Å². The van der Waals surface area contributed by atoms with Gasteiger partial charge in [-0.15, -0.1) is 0 Å². The first-order valence-corrected chi connectivity index (χ1v) is 9.26. The Morgan fingerprint density at radius 1 is 1.11 bits per heavy atom. The van der Waals surface area contributed by atoms with E-state index in [1.54, 1.807) is 11.0 Å². The molecule has 0 saturated heterocycles. The Labute approximate surface area is 160 Å². The number of amides is 2. The van der Waals surface area contributed by atoms with Crippen molar-refractivity contribution in [3.8, 4) is 11.8 Å². The molecule has 0 radical (unpaired) electrons. The normalized spacial score (nSPS) is 14.9. The van der Waals surface area contributed by atoms with Crippen LogP contribution in [-0.4, -0.2) is 29.8 Å². The van der Waals surface area contributed by atoms with Crippen LogP contribution in [0.3, 0.4) is 0 Å². The van der Waals surface area contributed by atoms with E-state index in [4.69, 9.17) is 0 Å². The maximum atomic E-state index is 12.9. The van der Waals surface area contributed by atoms with Gasteiger partial charge in [0, 0.05) is 17.7 Å². The summed E-state index contributed by atoms with van der Waals surface area (Å²) in [6.45, 7) is 5.19. The molecule has 1 aliphatic rings. The molecule has 3 rings (SSSR count). The average molecular weight is 360 g/mol. The van der Waals surface area contributed by atoms with Gasteiger partial charge in [0.05, 0.1) is 19.0 Å². The predicted octanol–water partition coefficient (Wildman–Crippen LogP) is 3.40. The molecule has 138 valence electrons. The molecule has 1 N–H and O–H groups in total. The second-order valence-electron chi connectivity index (χ2n) is 7.15. The summed E-state index contributed by atoms with van der Waals surface area (Å²) in [5, 5.41) is 2.92. The van der Waals surface area contributed by atoms with Crippen molar-refractivity contribution < 1.29 is 9.59 Å². The zero-order valence-corrected chi connectivity index (χ0v) is 15.7. The number of benzene rings is 2. The van der Waals surface area contributed by atoms with Crippen LogP contribution < -0.4 is 5.32 Å². The van der Waals surface area contributed by atoms with Gasteiger partial charge < -0.3 is 10.2 Å². The van der Waals surface area contributed by atoms with Crippen molar-refractivity contribution in [2.45, 2.75) is 26.3 Å². The summed E-state index contributed by atoms with van der Waals surface area (Å²) in [7, 11) is 0. The zero-order chi connectivity index (χ0) is 19.2. The minimum atomic E-state index is -0.266. The highest BCUT2D eigenvalue weighted by atomic mass is 16.2. The lowest BCUT2D eigenvalue weighted by atomic mass is 10.0. The lowest BCUT2D eigenvalue weighted by molar-refractivity contribution is -0.131. The smallest absolute Gasteiger partial charge is 0.252 e. The Hall–Kier alpha value is -3.06. The van der Waals surface area contributed by atoms with Crippen LogP contribution in [0, 0.1) is 17.8 Å². The Morgan fingerprint density at radius 2 is 1.81 bits per heavy atom. The van der Waals surface area contributed by atoms with Gasteiger partial charge in [0.2, 0.25) is 5.91 Å². The van der Waals surface area contributed by atoms with E-state index in [0.717, 1.165) is 11.1 Å². The highest BCUT2D eigenvalue weighted by Gasteiger charge is 2.30. The number of nitrogens with one attached hydrogen (secondary N) is 1. The third kappa shape index (κ3) is 4.77. The molecule has 0 spiro atoms. The molecule has 2 aromatic rings. The Morgan fingerprint density at radius 3 is 2.56 bits per heavy atom. The van der Waals surface area contributed by atoms with Gasteiger partial charge in [0.15, 0.2) is 0 Å². The standard InChI is InChI=1S/C23H24N2O2/c1-17(2)16-25(14-8-11-18-9-4-3-5-10-18)22(26)15-21-19-12-6-7-13-20(19)23(27)24-21/h3-7,9-10,12-13,17,21H,14-16H2,1-2H3,(H,24,27). The fourth-order valence-electron chi connectivity index (χ4n) is 3.24. The first-order valence-electron chi connectivity index (χ1n) is 9.26. The predicted molar refractivity (Wildman–Crippen MR) is 106 cm³/mol. The van der Waals surface area contributed by atoms with Gasteiger partial charge in [-0.3, -0.25) is 9.59 Å². The van der Waals surface area contributed by atoms with Crippen LogP contribution in [0.25, 0.3) is 0 Å². The maximum Gasteiger partial charge on any atom is 0.252 e. The van der Waals surface area contributed by atoms with E-state index in [0.29, 0.717) is 24.6 Å². The van der Waals surface area contributed by atoms with Crippen molar-refractivity contribution in [2.75, 3.05) is 13.1 Å². The topological polar surface area (TPSA) is 49.4 Å². The molecule has 2 amide bonds. The number of rotatable bonds is 5. The summed E-state index contributed by atoms with van der Waals surface area (Å²) in [6, 6.07) is 16.9. The summed E-state index contributed by atoms with van der Waals surface area (Å²) >= 11 is 0. The van der Waals surface area contributed by atoms with Gasteiger partial charge in [-0.25, -0.2) is 0 Å². The zero-order valence-electron chi connectivity index (χ0n) is 15.7. The number of carbonyl (C=O) groups excluding carboxylic acids is 2. The lowest BCUT2D eigenvalue weighted by Gasteiger charge is -2.24.